The van der Waals surface area contributed by atoms with Crippen molar-refractivity contribution >= 4 is 24.0 Å². The summed E-state index contributed by atoms with van der Waals surface area (Å²) in [5.41, 5.74) is 1.04. The number of hydrogen-bond donors (Lipinski definition) is 3. The average Bonchev–Trinajstić information content (AvgIpc) is 2.46. The minimum atomic E-state index is -0.434. The van der Waals surface area contributed by atoms with Crippen LogP contribution in [0.4, 0.5) is 5.82 Å². The second-order valence-electron chi connectivity index (χ2n) is 4.12. The maximum atomic E-state index is 10.9. The van der Waals surface area contributed by atoms with E-state index in [0.717, 1.165) is 0 Å². The first-order chi connectivity index (χ1) is 9.51. The molecule has 0 aliphatic carbocycles. The number of nitrogens with zero attached hydrogens (tertiary/aromatic N) is 2. The van der Waals surface area contributed by atoms with Crippen LogP contribution in [0.15, 0.2) is 11.8 Å². The van der Waals surface area contributed by atoms with E-state index in [1.807, 2.05) is 0 Å². The summed E-state index contributed by atoms with van der Waals surface area (Å²) in [4.78, 5) is 25.7. The van der Waals surface area contributed by atoms with Crippen molar-refractivity contribution in [2.75, 3.05) is 12.1 Å². The Morgan fingerprint density at radius 2 is 1.90 bits per heavy atom. The molecule has 3 N–H and O–H groups in total. The van der Waals surface area contributed by atoms with Gasteiger partial charge in [0, 0.05) is 24.4 Å². The highest BCUT2D eigenvalue weighted by Gasteiger charge is 2.19. The SMILES string of the molecule is CC(=C(C=O)C=O)c1c(N(C)O)ncc(CO)c1CO. The van der Waals surface area contributed by atoms with Crippen LogP contribution >= 0.6 is 0 Å². The van der Waals surface area contributed by atoms with Gasteiger partial charge >= 0.3 is 0 Å². The molecule has 0 atom stereocenters. The molecular formula is C13H16N2O5. The first-order valence-electron chi connectivity index (χ1n) is 5.78. The molecule has 7 nitrogen and oxygen atoms in total. The number of aliphatic hydroxyl groups is 2. The molecule has 0 aromatic carbocycles. The van der Waals surface area contributed by atoms with Crippen LogP contribution in [0.5, 0.6) is 0 Å². The number of anilines is 1. The number of carbonyl (C=O) groups excluding carboxylic acids is 2. The minimum Gasteiger partial charge on any atom is -0.392 e. The molecule has 1 aromatic rings. The molecule has 0 spiro atoms. The second-order valence-corrected chi connectivity index (χ2v) is 4.12. The van der Waals surface area contributed by atoms with Gasteiger partial charge in [-0.1, -0.05) is 0 Å². The monoisotopic (exact) mass is 280 g/mol. The minimum absolute atomic E-state index is 0.0740. The molecule has 20 heavy (non-hydrogen) atoms. The van der Waals surface area contributed by atoms with Gasteiger partial charge in [0.15, 0.2) is 18.4 Å². The maximum absolute atomic E-state index is 10.9. The van der Waals surface area contributed by atoms with Crippen molar-refractivity contribution in [1.29, 1.82) is 0 Å². The summed E-state index contributed by atoms with van der Waals surface area (Å²) >= 11 is 0. The summed E-state index contributed by atoms with van der Waals surface area (Å²) in [7, 11) is 1.32. The van der Waals surface area contributed by atoms with Crippen LogP contribution < -0.4 is 5.06 Å². The normalized spacial score (nSPS) is 10.1. The van der Waals surface area contributed by atoms with E-state index in [-0.39, 0.29) is 29.1 Å². The summed E-state index contributed by atoms with van der Waals surface area (Å²) < 4.78 is 0. The van der Waals surface area contributed by atoms with E-state index in [4.69, 9.17) is 0 Å². The molecule has 108 valence electrons. The quantitative estimate of drug-likeness (QED) is 0.222. The third-order valence-corrected chi connectivity index (χ3v) is 2.95. The Hall–Kier alpha value is -2.09. The lowest BCUT2D eigenvalue weighted by molar-refractivity contribution is -0.109. The Kier molecular flexibility index (Phi) is 5.51. The zero-order chi connectivity index (χ0) is 15.3. The Morgan fingerprint density at radius 3 is 2.30 bits per heavy atom. The summed E-state index contributed by atoms with van der Waals surface area (Å²) in [6, 6.07) is 0. The van der Waals surface area contributed by atoms with E-state index in [1.165, 1.54) is 20.2 Å². The van der Waals surface area contributed by atoms with Crippen molar-refractivity contribution < 1.29 is 25.0 Å². The molecule has 0 fully saturated rings. The fraction of sp³-hybridized carbons (Fsp3) is 0.308. The van der Waals surface area contributed by atoms with Crippen LogP contribution in [-0.2, 0) is 22.8 Å². The zero-order valence-electron chi connectivity index (χ0n) is 11.2. The maximum Gasteiger partial charge on any atom is 0.159 e. The van der Waals surface area contributed by atoms with Gasteiger partial charge < -0.3 is 10.2 Å². The predicted octanol–water partition coefficient (Wildman–Crippen LogP) is 0.0629. The van der Waals surface area contributed by atoms with E-state index >= 15 is 0 Å². The van der Waals surface area contributed by atoms with Crippen molar-refractivity contribution in [2.45, 2.75) is 20.1 Å². The van der Waals surface area contributed by atoms with E-state index in [1.54, 1.807) is 0 Å². The lowest BCUT2D eigenvalue weighted by atomic mass is 9.95. The first kappa shape index (κ1) is 16.0. The standard InChI is InChI=1S/C13H16N2O5/c1-8(10(5-17)6-18)12-11(7-19)9(4-16)3-14-13(12)15(2)20/h3,5-6,16,19-20H,4,7H2,1-2H3. The Labute approximate surface area is 115 Å². The molecule has 0 unspecified atom stereocenters. The third kappa shape index (κ3) is 2.90. The van der Waals surface area contributed by atoms with Gasteiger partial charge in [-0.2, -0.15) is 0 Å². The predicted molar refractivity (Wildman–Crippen MR) is 71.0 cm³/mol. The largest absolute Gasteiger partial charge is 0.392 e. The topological polar surface area (TPSA) is 111 Å². The fourth-order valence-corrected chi connectivity index (χ4v) is 1.88. The molecule has 0 aliphatic heterocycles. The molecule has 0 saturated heterocycles. The molecule has 0 radical (unpaired) electrons. The number of pyridine rings is 1. The summed E-state index contributed by atoms with van der Waals surface area (Å²) in [5.74, 6) is 0.0740. The van der Waals surface area contributed by atoms with Crippen molar-refractivity contribution in [3.05, 3.63) is 28.5 Å². The lowest BCUT2D eigenvalue weighted by Crippen LogP contribution is -2.17. The van der Waals surface area contributed by atoms with Crippen LogP contribution in [-0.4, -0.2) is 40.0 Å². The second kappa shape index (κ2) is 6.90. The summed E-state index contributed by atoms with van der Waals surface area (Å²) in [6.45, 7) is 0.704. The van der Waals surface area contributed by atoms with Crippen molar-refractivity contribution in [3.8, 4) is 0 Å². The van der Waals surface area contributed by atoms with Crippen LogP contribution in [0.25, 0.3) is 5.57 Å². The Balaban J connectivity index is 3.75. The molecule has 0 bridgehead atoms. The number of aldehydes is 2. The Bertz CT molecular complexity index is 542. The first-order valence-corrected chi connectivity index (χ1v) is 5.78. The fourth-order valence-electron chi connectivity index (χ4n) is 1.88. The van der Waals surface area contributed by atoms with Crippen LogP contribution in [0.1, 0.15) is 23.6 Å². The van der Waals surface area contributed by atoms with E-state index in [0.29, 0.717) is 28.8 Å². The molecule has 7 heteroatoms. The van der Waals surface area contributed by atoms with Gasteiger partial charge in [0.05, 0.1) is 18.8 Å². The summed E-state index contributed by atoms with van der Waals surface area (Å²) in [6.07, 6.45) is 2.08. The van der Waals surface area contributed by atoms with Crippen molar-refractivity contribution in [2.24, 2.45) is 0 Å². The molecule has 1 heterocycles. The molecule has 0 saturated carbocycles. The number of carbonyl (C=O) groups is 2. The number of allylic oxidation sites excluding steroid dienone is 2. The zero-order valence-corrected chi connectivity index (χ0v) is 11.2. The van der Waals surface area contributed by atoms with Gasteiger partial charge in [-0.25, -0.2) is 10.0 Å². The van der Waals surface area contributed by atoms with Crippen molar-refractivity contribution in [1.82, 2.24) is 4.98 Å². The number of hydrogen-bond acceptors (Lipinski definition) is 7. The van der Waals surface area contributed by atoms with Gasteiger partial charge in [0.2, 0.25) is 0 Å². The highest BCUT2D eigenvalue weighted by Crippen LogP contribution is 2.31. The number of rotatable bonds is 6. The number of aromatic nitrogens is 1. The van der Waals surface area contributed by atoms with Gasteiger partial charge in [0.1, 0.15) is 0 Å². The van der Waals surface area contributed by atoms with Crippen LogP contribution in [0.3, 0.4) is 0 Å². The molecule has 0 aliphatic rings. The summed E-state index contributed by atoms with van der Waals surface area (Å²) in [5, 5.41) is 29.0. The van der Waals surface area contributed by atoms with Gasteiger partial charge in [-0.15, -0.1) is 0 Å². The van der Waals surface area contributed by atoms with Crippen molar-refractivity contribution in [3.63, 3.8) is 0 Å². The van der Waals surface area contributed by atoms with Gasteiger partial charge in [-0.3, -0.25) is 14.8 Å². The lowest BCUT2D eigenvalue weighted by Gasteiger charge is -2.20. The molecule has 1 aromatic heterocycles. The van der Waals surface area contributed by atoms with E-state index < -0.39 is 6.61 Å². The third-order valence-electron chi connectivity index (χ3n) is 2.95. The van der Waals surface area contributed by atoms with Crippen LogP contribution in [0.2, 0.25) is 0 Å². The Morgan fingerprint density at radius 1 is 1.30 bits per heavy atom. The molecule has 1 rings (SSSR count). The number of hydroxylamine groups is 1. The highest BCUT2D eigenvalue weighted by molar-refractivity contribution is 6.08. The van der Waals surface area contributed by atoms with E-state index in [9.17, 15) is 25.0 Å². The molecular weight excluding hydrogens is 264 g/mol. The van der Waals surface area contributed by atoms with E-state index in [2.05, 4.69) is 4.98 Å². The number of aliphatic hydroxyl groups excluding tert-OH is 2. The van der Waals surface area contributed by atoms with Gasteiger partial charge in [-0.05, 0) is 18.1 Å². The smallest absolute Gasteiger partial charge is 0.159 e. The highest BCUT2D eigenvalue weighted by atomic mass is 16.5. The van der Waals surface area contributed by atoms with Gasteiger partial charge in [0.25, 0.3) is 0 Å². The van der Waals surface area contributed by atoms with Crippen LogP contribution in [0, 0.1) is 0 Å². The molecule has 0 amide bonds. The average molecular weight is 280 g/mol.